The molecular weight excluding hydrogens is 262 g/mol. The Labute approximate surface area is 95.9 Å². The molecule has 0 heterocycles. The van der Waals surface area contributed by atoms with Crippen molar-refractivity contribution in [2.24, 2.45) is 5.73 Å². The normalized spacial score (nSPS) is 9.67. The van der Waals surface area contributed by atoms with Gasteiger partial charge in [-0.05, 0) is 18.2 Å². The Balaban J connectivity index is 2.40. The van der Waals surface area contributed by atoms with Crippen molar-refractivity contribution in [1.82, 2.24) is 0 Å². The molecule has 1 aromatic carbocycles. The smallest absolute Gasteiger partial charge is 0.404 e. The van der Waals surface area contributed by atoms with Crippen LogP contribution in [0.1, 0.15) is 0 Å². The molecule has 0 aliphatic rings. The fourth-order valence-corrected chi connectivity index (χ4v) is 1.41. The SMILES string of the molecule is NC(=O)OCCNc1ccc(Br)cc1N. The minimum atomic E-state index is -0.777. The number of hydrogen-bond donors (Lipinski definition) is 3. The maximum atomic E-state index is 10.3. The number of anilines is 2. The summed E-state index contributed by atoms with van der Waals surface area (Å²) >= 11 is 3.30. The van der Waals surface area contributed by atoms with Gasteiger partial charge in [-0.25, -0.2) is 4.79 Å². The van der Waals surface area contributed by atoms with Crippen molar-refractivity contribution in [2.45, 2.75) is 0 Å². The minimum absolute atomic E-state index is 0.213. The van der Waals surface area contributed by atoms with Crippen molar-refractivity contribution in [3.05, 3.63) is 22.7 Å². The van der Waals surface area contributed by atoms with Crippen molar-refractivity contribution in [1.29, 1.82) is 0 Å². The summed E-state index contributed by atoms with van der Waals surface area (Å²) in [6, 6.07) is 5.49. The zero-order valence-corrected chi connectivity index (χ0v) is 9.58. The molecule has 1 amide bonds. The van der Waals surface area contributed by atoms with E-state index in [0.717, 1.165) is 10.2 Å². The second kappa shape index (κ2) is 5.45. The molecule has 0 bridgehead atoms. The second-order valence-electron chi connectivity index (χ2n) is 2.83. The van der Waals surface area contributed by atoms with E-state index in [0.29, 0.717) is 12.2 Å². The van der Waals surface area contributed by atoms with Gasteiger partial charge >= 0.3 is 6.09 Å². The molecule has 0 fully saturated rings. The van der Waals surface area contributed by atoms with E-state index in [-0.39, 0.29) is 6.61 Å². The average Bonchev–Trinajstić information content (AvgIpc) is 2.14. The summed E-state index contributed by atoms with van der Waals surface area (Å²) in [6.07, 6.45) is -0.777. The molecule has 0 atom stereocenters. The molecule has 1 aromatic rings. The molecule has 0 unspecified atom stereocenters. The predicted molar refractivity (Wildman–Crippen MR) is 62.6 cm³/mol. The van der Waals surface area contributed by atoms with E-state index in [1.807, 2.05) is 12.1 Å². The van der Waals surface area contributed by atoms with Gasteiger partial charge in [0.05, 0.1) is 11.4 Å². The van der Waals surface area contributed by atoms with Crippen LogP contribution in [-0.2, 0) is 4.74 Å². The molecule has 6 heteroatoms. The summed E-state index contributed by atoms with van der Waals surface area (Å²) in [6.45, 7) is 0.680. The highest BCUT2D eigenvalue weighted by molar-refractivity contribution is 9.10. The van der Waals surface area contributed by atoms with Crippen LogP contribution in [0.15, 0.2) is 22.7 Å². The lowest BCUT2D eigenvalue weighted by atomic mass is 10.3. The Hall–Kier alpha value is -1.43. The van der Waals surface area contributed by atoms with Crippen LogP contribution in [0.25, 0.3) is 0 Å². The molecule has 0 radical (unpaired) electrons. The van der Waals surface area contributed by atoms with Crippen LogP contribution in [0.3, 0.4) is 0 Å². The number of primary amides is 1. The molecule has 0 spiro atoms. The maximum absolute atomic E-state index is 10.3. The monoisotopic (exact) mass is 273 g/mol. The first-order valence-corrected chi connectivity index (χ1v) is 5.10. The van der Waals surface area contributed by atoms with Gasteiger partial charge in [0, 0.05) is 11.0 Å². The molecule has 82 valence electrons. The van der Waals surface area contributed by atoms with Gasteiger partial charge < -0.3 is 21.5 Å². The Morgan fingerprint density at radius 2 is 2.27 bits per heavy atom. The lowest BCUT2D eigenvalue weighted by Gasteiger charge is -2.09. The lowest BCUT2D eigenvalue weighted by Crippen LogP contribution is -2.18. The fourth-order valence-electron chi connectivity index (χ4n) is 1.03. The third-order valence-corrected chi connectivity index (χ3v) is 2.17. The van der Waals surface area contributed by atoms with Crippen LogP contribution in [0.2, 0.25) is 0 Å². The van der Waals surface area contributed by atoms with Crippen molar-refractivity contribution >= 4 is 33.4 Å². The molecule has 0 aromatic heterocycles. The summed E-state index contributed by atoms with van der Waals surface area (Å²) in [5.41, 5.74) is 12.0. The van der Waals surface area contributed by atoms with Crippen molar-refractivity contribution in [2.75, 3.05) is 24.2 Å². The van der Waals surface area contributed by atoms with Gasteiger partial charge in [-0.2, -0.15) is 0 Å². The Morgan fingerprint density at radius 1 is 1.53 bits per heavy atom. The van der Waals surface area contributed by atoms with Gasteiger partial charge in [-0.1, -0.05) is 15.9 Å². The molecule has 0 saturated heterocycles. The van der Waals surface area contributed by atoms with E-state index in [1.54, 1.807) is 6.07 Å². The number of rotatable bonds is 4. The first kappa shape index (κ1) is 11.6. The Bertz CT molecular complexity index is 357. The van der Waals surface area contributed by atoms with Gasteiger partial charge in [0.25, 0.3) is 0 Å². The molecule has 5 nitrogen and oxygen atoms in total. The van der Waals surface area contributed by atoms with Crippen LogP contribution in [-0.4, -0.2) is 19.2 Å². The Kier molecular flexibility index (Phi) is 4.23. The maximum Gasteiger partial charge on any atom is 0.404 e. The van der Waals surface area contributed by atoms with E-state index in [9.17, 15) is 4.79 Å². The number of ether oxygens (including phenoxy) is 1. The molecule has 1 rings (SSSR count). The highest BCUT2D eigenvalue weighted by atomic mass is 79.9. The van der Waals surface area contributed by atoms with Crippen LogP contribution >= 0.6 is 15.9 Å². The number of halogens is 1. The number of hydrogen-bond acceptors (Lipinski definition) is 4. The van der Waals surface area contributed by atoms with E-state index in [4.69, 9.17) is 11.5 Å². The Morgan fingerprint density at radius 3 is 2.87 bits per heavy atom. The summed E-state index contributed by atoms with van der Waals surface area (Å²) in [7, 11) is 0. The van der Waals surface area contributed by atoms with E-state index >= 15 is 0 Å². The summed E-state index contributed by atoms with van der Waals surface area (Å²) in [4.78, 5) is 10.3. The topological polar surface area (TPSA) is 90.4 Å². The number of amides is 1. The summed E-state index contributed by atoms with van der Waals surface area (Å²) in [5.74, 6) is 0. The van der Waals surface area contributed by atoms with Crippen molar-refractivity contribution in [3.8, 4) is 0 Å². The highest BCUT2D eigenvalue weighted by Gasteiger charge is 1.99. The van der Waals surface area contributed by atoms with Crippen molar-refractivity contribution < 1.29 is 9.53 Å². The number of benzene rings is 1. The van der Waals surface area contributed by atoms with Gasteiger partial charge in [-0.3, -0.25) is 0 Å². The zero-order valence-electron chi connectivity index (χ0n) is 8.00. The average molecular weight is 274 g/mol. The van der Waals surface area contributed by atoms with Crippen molar-refractivity contribution in [3.63, 3.8) is 0 Å². The highest BCUT2D eigenvalue weighted by Crippen LogP contribution is 2.22. The van der Waals surface area contributed by atoms with Crippen LogP contribution in [0, 0.1) is 0 Å². The predicted octanol–water partition coefficient (Wildman–Crippen LogP) is 1.54. The lowest BCUT2D eigenvalue weighted by molar-refractivity contribution is 0.161. The zero-order chi connectivity index (χ0) is 11.3. The second-order valence-corrected chi connectivity index (χ2v) is 3.74. The van der Waals surface area contributed by atoms with Gasteiger partial charge in [-0.15, -0.1) is 0 Å². The molecule has 0 aliphatic carbocycles. The largest absolute Gasteiger partial charge is 0.448 e. The number of nitrogens with one attached hydrogen (secondary N) is 1. The van der Waals surface area contributed by atoms with E-state index in [2.05, 4.69) is 26.0 Å². The van der Waals surface area contributed by atoms with Gasteiger partial charge in [0.2, 0.25) is 0 Å². The fraction of sp³-hybridized carbons (Fsp3) is 0.222. The van der Waals surface area contributed by atoms with Crippen LogP contribution in [0.4, 0.5) is 16.2 Å². The third-order valence-electron chi connectivity index (χ3n) is 1.68. The van der Waals surface area contributed by atoms with Gasteiger partial charge in [0.1, 0.15) is 6.61 Å². The van der Waals surface area contributed by atoms with E-state index < -0.39 is 6.09 Å². The number of carbonyl (C=O) groups excluding carboxylic acids is 1. The first-order valence-electron chi connectivity index (χ1n) is 4.30. The van der Waals surface area contributed by atoms with Crippen LogP contribution in [0.5, 0.6) is 0 Å². The third kappa shape index (κ3) is 4.07. The first-order chi connectivity index (χ1) is 7.09. The minimum Gasteiger partial charge on any atom is -0.448 e. The summed E-state index contributed by atoms with van der Waals surface area (Å²) in [5, 5.41) is 3.02. The number of carbonyl (C=O) groups is 1. The van der Waals surface area contributed by atoms with E-state index in [1.165, 1.54) is 0 Å². The molecular formula is C9H12BrN3O2. The standard InChI is InChI=1S/C9H12BrN3O2/c10-6-1-2-8(7(11)5-6)13-3-4-15-9(12)14/h1-2,5,13H,3-4,11H2,(H2,12,14). The van der Waals surface area contributed by atoms with Gasteiger partial charge in [0.15, 0.2) is 0 Å². The van der Waals surface area contributed by atoms with Crippen LogP contribution < -0.4 is 16.8 Å². The molecule has 0 saturated carbocycles. The number of nitrogen functional groups attached to an aromatic ring is 1. The number of nitrogens with two attached hydrogens (primary N) is 2. The molecule has 0 aliphatic heterocycles. The quantitative estimate of drug-likeness (QED) is 0.573. The molecule has 5 N–H and O–H groups in total. The summed E-state index contributed by atoms with van der Waals surface area (Å²) < 4.78 is 5.47. The molecule has 15 heavy (non-hydrogen) atoms.